The van der Waals surface area contributed by atoms with Crippen molar-refractivity contribution in [3.8, 4) is 17.4 Å². The molecule has 0 bridgehead atoms. The Labute approximate surface area is 132 Å². The molecule has 0 N–H and O–H groups in total. The summed E-state index contributed by atoms with van der Waals surface area (Å²) >= 11 is 1.35. The highest BCUT2D eigenvalue weighted by atomic mass is 32.2. The molecule has 1 aromatic heterocycles. The van der Waals surface area contributed by atoms with Gasteiger partial charge in [-0.05, 0) is 25.3 Å². The summed E-state index contributed by atoms with van der Waals surface area (Å²) < 4.78 is 16.0. The molecule has 2 aromatic rings. The van der Waals surface area contributed by atoms with Crippen molar-refractivity contribution >= 4 is 17.7 Å². The van der Waals surface area contributed by atoms with Gasteiger partial charge >= 0.3 is 5.97 Å². The minimum Gasteiger partial charge on any atom is -0.493 e. The van der Waals surface area contributed by atoms with Gasteiger partial charge in [-0.2, -0.15) is 4.98 Å². The minimum atomic E-state index is -0.528. The Bertz CT molecular complexity index is 664. The minimum absolute atomic E-state index is 0.141. The van der Waals surface area contributed by atoms with Crippen LogP contribution in [0.1, 0.15) is 17.3 Å². The lowest BCUT2D eigenvalue weighted by molar-refractivity contribution is 0.0521. The second kappa shape index (κ2) is 7.65. The number of para-hydroxylation sites is 2. The Morgan fingerprint density at radius 2 is 2.00 bits per heavy atom. The van der Waals surface area contributed by atoms with Crippen molar-refractivity contribution < 1.29 is 19.0 Å². The predicted octanol–water partition coefficient (Wildman–Crippen LogP) is 3.18. The van der Waals surface area contributed by atoms with Crippen molar-refractivity contribution in [3.63, 3.8) is 0 Å². The predicted molar refractivity (Wildman–Crippen MR) is 82.8 cm³/mol. The monoisotopic (exact) mass is 320 g/mol. The highest BCUT2D eigenvalue weighted by Crippen LogP contribution is 2.32. The molecule has 7 heteroatoms. The maximum absolute atomic E-state index is 12.0. The van der Waals surface area contributed by atoms with Gasteiger partial charge in [-0.3, -0.25) is 0 Å². The van der Waals surface area contributed by atoms with E-state index < -0.39 is 5.97 Å². The van der Waals surface area contributed by atoms with Crippen LogP contribution in [0.2, 0.25) is 0 Å². The van der Waals surface area contributed by atoms with Crippen LogP contribution in [0.25, 0.3) is 0 Å². The van der Waals surface area contributed by atoms with E-state index in [9.17, 15) is 4.79 Å². The summed E-state index contributed by atoms with van der Waals surface area (Å²) in [4.78, 5) is 20.3. The third-order valence-electron chi connectivity index (χ3n) is 2.69. The Balaban J connectivity index is 2.41. The number of carbonyl (C=O) groups is 1. The maximum Gasteiger partial charge on any atom is 0.345 e. The van der Waals surface area contributed by atoms with Crippen LogP contribution in [0.15, 0.2) is 35.6 Å². The van der Waals surface area contributed by atoms with Crippen molar-refractivity contribution in [2.45, 2.75) is 12.1 Å². The van der Waals surface area contributed by atoms with E-state index in [0.717, 1.165) is 0 Å². The average molecular weight is 320 g/mol. The molecule has 6 nitrogen and oxygen atoms in total. The van der Waals surface area contributed by atoms with Crippen LogP contribution in [-0.4, -0.2) is 35.9 Å². The molecular formula is C15H16N2O4S. The number of methoxy groups -OCH3 is 1. The van der Waals surface area contributed by atoms with Gasteiger partial charge in [0.05, 0.1) is 13.7 Å². The number of esters is 1. The molecule has 0 saturated heterocycles. The van der Waals surface area contributed by atoms with Crippen molar-refractivity contribution in [2.75, 3.05) is 20.0 Å². The summed E-state index contributed by atoms with van der Waals surface area (Å²) in [7, 11) is 1.54. The van der Waals surface area contributed by atoms with Gasteiger partial charge in [-0.15, -0.1) is 0 Å². The zero-order chi connectivity index (χ0) is 15.9. The normalized spacial score (nSPS) is 10.1. The van der Waals surface area contributed by atoms with Crippen molar-refractivity contribution in [3.05, 3.63) is 36.0 Å². The van der Waals surface area contributed by atoms with Crippen LogP contribution < -0.4 is 9.47 Å². The second-order valence-corrected chi connectivity index (χ2v) is 4.82. The second-order valence-electron chi connectivity index (χ2n) is 4.05. The molecule has 0 aliphatic carbocycles. The van der Waals surface area contributed by atoms with E-state index in [1.165, 1.54) is 18.0 Å². The molecule has 22 heavy (non-hydrogen) atoms. The first-order chi connectivity index (χ1) is 10.7. The number of hydrogen-bond acceptors (Lipinski definition) is 7. The number of thioether (sulfide) groups is 1. The lowest BCUT2D eigenvalue weighted by Gasteiger charge is -2.12. The molecule has 0 aliphatic rings. The Morgan fingerprint density at radius 3 is 2.64 bits per heavy atom. The molecular weight excluding hydrogens is 304 g/mol. The van der Waals surface area contributed by atoms with Crippen LogP contribution in [0.5, 0.6) is 17.4 Å². The number of carbonyl (C=O) groups excluding carboxylic acids is 1. The molecule has 0 unspecified atom stereocenters. The average Bonchev–Trinajstić information content (AvgIpc) is 2.55. The van der Waals surface area contributed by atoms with Gasteiger partial charge in [-0.1, -0.05) is 23.9 Å². The number of rotatable bonds is 6. The maximum atomic E-state index is 12.0. The van der Waals surface area contributed by atoms with Crippen molar-refractivity contribution in [1.82, 2.24) is 9.97 Å². The van der Waals surface area contributed by atoms with E-state index in [1.807, 2.05) is 12.3 Å². The molecule has 0 aliphatic heterocycles. The highest BCUT2D eigenvalue weighted by molar-refractivity contribution is 7.98. The molecule has 0 saturated carbocycles. The zero-order valence-corrected chi connectivity index (χ0v) is 13.3. The van der Waals surface area contributed by atoms with Crippen LogP contribution >= 0.6 is 11.8 Å². The Hall–Kier alpha value is -2.28. The van der Waals surface area contributed by atoms with E-state index in [-0.39, 0.29) is 18.1 Å². The van der Waals surface area contributed by atoms with E-state index in [1.54, 1.807) is 32.2 Å². The number of hydrogen-bond donors (Lipinski definition) is 0. The first kappa shape index (κ1) is 16.1. The van der Waals surface area contributed by atoms with Crippen LogP contribution in [0, 0.1) is 0 Å². The number of aromatic nitrogens is 2. The van der Waals surface area contributed by atoms with Gasteiger partial charge < -0.3 is 14.2 Å². The molecule has 1 heterocycles. The molecule has 116 valence electrons. The zero-order valence-electron chi connectivity index (χ0n) is 12.5. The molecule has 0 atom stereocenters. The van der Waals surface area contributed by atoms with Gasteiger partial charge in [0.15, 0.2) is 16.7 Å². The SMILES string of the molecule is CCOC(=O)c1cnc(SC)nc1Oc1ccccc1OC. The van der Waals surface area contributed by atoms with E-state index >= 15 is 0 Å². The first-order valence-electron chi connectivity index (χ1n) is 6.58. The summed E-state index contributed by atoms with van der Waals surface area (Å²) in [6, 6.07) is 7.12. The topological polar surface area (TPSA) is 70.5 Å². The van der Waals surface area contributed by atoms with Crippen molar-refractivity contribution in [2.24, 2.45) is 0 Å². The van der Waals surface area contributed by atoms with Crippen LogP contribution in [0.3, 0.4) is 0 Å². The van der Waals surface area contributed by atoms with Crippen LogP contribution in [0.4, 0.5) is 0 Å². The fourth-order valence-corrected chi connectivity index (χ4v) is 2.02. The first-order valence-corrected chi connectivity index (χ1v) is 7.81. The fourth-order valence-electron chi connectivity index (χ4n) is 1.68. The quantitative estimate of drug-likeness (QED) is 0.460. The fraction of sp³-hybridized carbons (Fsp3) is 0.267. The van der Waals surface area contributed by atoms with E-state index in [4.69, 9.17) is 14.2 Å². The van der Waals surface area contributed by atoms with Gasteiger partial charge in [0.2, 0.25) is 5.88 Å². The van der Waals surface area contributed by atoms with Crippen molar-refractivity contribution in [1.29, 1.82) is 0 Å². The molecule has 0 amide bonds. The summed E-state index contributed by atoms with van der Waals surface area (Å²) in [6.45, 7) is 1.99. The highest BCUT2D eigenvalue weighted by Gasteiger charge is 2.19. The molecule has 0 radical (unpaired) electrons. The third kappa shape index (κ3) is 3.67. The number of benzene rings is 1. The summed E-state index contributed by atoms with van der Waals surface area (Å²) in [5.74, 6) is 0.616. The number of nitrogens with zero attached hydrogens (tertiary/aromatic N) is 2. The van der Waals surface area contributed by atoms with Gasteiger partial charge in [0.1, 0.15) is 5.56 Å². The van der Waals surface area contributed by atoms with Gasteiger partial charge in [0.25, 0.3) is 0 Å². The van der Waals surface area contributed by atoms with E-state index in [0.29, 0.717) is 16.7 Å². The summed E-state index contributed by atoms with van der Waals surface area (Å²) in [6.07, 6.45) is 3.24. The standard InChI is InChI=1S/C15H16N2O4S/c1-4-20-14(18)10-9-16-15(22-3)17-13(10)21-12-8-6-5-7-11(12)19-2/h5-9H,4H2,1-3H3. The molecule has 0 fully saturated rings. The van der Waals surface area contributed by atoms with Crippen LogP contribution in [-0.2, 0) is 4.74 Å². The Kier molecular flexibility index (Phi) is 5.60. The molecule has 0 spiro atoms. The Morgan fingerprint density at radius 1 is 1.27 bits per heavy atom. The molecule has 2 rings (SSSR count). The number of ether oxygens (including phenoxy) is 3. The van der Waals surface area contributed by atoms with Gasteiger partial charge in [0, 0.05) is 6.20 Å². The largest absolute Gasteiger partial charge is 0.493 e. The summed E-state index contributed by atoms with van der Waals surface area (Å²) in [5.41, 5.74) is 0.172. The lowest BCUT2D eigenvalue weighted by Crippen LogP contribution is -2.09. The molecule has 1 aromatic carbocycles. The van der Waals surface area contributed by atoms with Gasteiger partial charge in [-0.25, -0.2) is 9.78 Å². The lowest BCUT2D eigenvalue weighted by atomic mass is 10.3. The smallest absolute Gasteiger partial charge is 0.345 e. The third-order valence-corrected chi connectivity index (χ3v) is 3.25. The summed E-state index contributed by atoms with van der Waals surface area (Å²) in [5, 5.41) is 0.498. The van der Waals surface area contributed by atoms with E-state index in [2.05, 4.69) is 9.97 Å².